The maximum absolute atomic E-state index is 12.3. The number of alkyl halides is 2. The maximum Gasteiger partial charge on any atom is 0.387 e. The molecule has 110 valence electrons. The Morgan fingerprint density at radius 3 is 2.67 bits per heavy atom. The lowest BCUT2D eigenvalue weighted by atomic mass is 10.1. The highest BCUT2D eigenvalue weighted by Crippen LogP contribution is 2.26. The molecule has 4 nitrogen and oxygen atoms in total. The fourth-order valence-electron chi connectivity index (χ4n) is 1.83. The fraction of sp³-hybridized carbons (Fsp3) is 0.133. The van der Waals surface area contributed by atoms with Gasteiger partial charge >= 0.3 is 6.61 Å². The number of ether oxygens (including phenoxy) is 1. The molecule has 0 saturated heterocycles. The molecule has 0 aliphatic heterocycles. The molecule has 3 N–H and O–H groups in total. The van der Waals surface area contributed by atoms with Gasteiger partial charge in [-0.2, -0.15) is 8.78 Å². The number of amides is 1. The van der Waals surface area contributed by atoms with E-state index in [1.54, 1.807) is 24.3 Å². The molecule has 0 saturated carbocycles. The predicted octanol–water partition coefficient (Wildman–Crippen LogP) is 3.43. The predicted molar refractivity (Wildman–Crippen MR) is 76.6 cm³/mol. The van der Waals surface area contributed by atoms with Crippen LogP contribution in [0, 0.1) is 6.92 Å². The van der Waals surface area contributed by atoms with Gasteiger partial charge in [-0.3, -0.25) is 4.79 Å². The van der Waals surface area contributed by atoms with Gasteiger partial charge in [0.15, 0.2) is 0 Å². The molecule has 2 aromatic rings. The highest BCUT2D eigenvalue weighted by molar-refractivity contribution is 6.08. The number of hydrogen-bond acceptors (Lipinski definition) is 3. The van der Waals surface area contributed by atoms with E-state index >= 15 is 0 Å². The monoisotopic (exact) mass is 292 g/mol. The van der Waals surface area contributed by atoms with E-state index in [2.05, 4.69) is 10.1 Å². The second-order valence-electron chi connectivity index (χ2n) is 4.42. The van der Waals surface area contributed by atoms with E-state index in [1.807, 2.05) is 6.92 Å². The summed E-state index contributed by atoms with van der Waals surface area (Å²) in [5, 5.41) is 2.52. The molecular formula is C15H14F2N2O2. The summed E-state index contributed by atoms with van der Waals surface area (Å²) in [5.74, 6) is -0.589. The van der Waals surface area contributed by atoms with Crippen molar-refractivity contribution in [1.82, 2.24) is 0 Å². The van der Waals surface area contributed by atoms with E-state index in [0.29, 0.717) is 5.69 Å². The molecule has 0 aliphatic rings. The van der Waals surface area contributed by atoms with Gasteiger partial charge in [-0.15, -0.1) is 0 Å². The smallest absolute Gasteiger partial charge is 0.387 e. The van der Waals surface area contributed by atoms with Crippen molar-refractivity contribution < 1.29 is 18.3 Å². The number of nitrogens with two attached hydrogens (primary N) is 1. The summed E-state index contributed by atoms with van der Waals surface area (Å²) in [6, 6.07) is 11.0. The van der Waals surface area contributed by atoms with Crippen molar-refractivity contribution in [2.75, 3.05) is 11.1 Å². The van der Waals surface area contributed by atoms with E-state index in [-0.39, 0.29) is 17.0 Å². The third kappa shape index (κ3) is 3.68. The molecular weight excluding hydrogens is 278 g/mol. The number of nitrogen functional groups attached to an aromatic ring is 1. The second-order valence-corrected chi connectivity index (χ2v) is 4.42. The minimum Gasteiger partial charge on any atom is -0.433 e. The van der Waals surface area contributed by atoms with Gasteiger partial charge < -0.3 is 15.8 Å². The van der Waals surface area contributed by atoms with Gasteiger partial charge in [0.05, 0.1) is 11.3 Å². The average molecular weight is 292 g/mol. The van der Waals surface area contributed by atoms with Gasteiger partial charge in [0.25, 0.3) is 5.91 Å². The SMILES string of the molecule is Cc1ccc(N)c(C(=O)Nc2ccccc2OC(F)F)c1. The molecule has 0 heterocycles. The second kappa shape index (κ2) is 6.21. The molecule has 0 radical (unpaired) electrons. The lowest BCUT2D eigenvalue weighted by Crippen LogP contribution is -2.15. The number of carbonyl (C=O) groups is 1. The number of nitrogens with one attached hydrogen (secondary N) is 1. The first-order valence-electron chi connectivity index (χ1n) is 6.18. The highest BCUT2D eigenvalue weighted by Gasteiger charge is 2.14. The molecule has 0 unspecified atom stereocenters. The molecule has 6 heteroatoms. The zero-order chi connectivity index (χ0) is 15.4. The Labute approximate surface area is 120 Å². The van der Waals surface area contributed by atoms with E-state index in [4.69, 9.17) is 5.73 Å². The number of anilines is 2. The number of benzene rings is 2. The molecule has 21 heavy (non-hydrogen) atoms. The molecule has 0 atom stereocenters. The Bertz CT molecular complexity index is 660. The first-order chi connectivity index (χ1) is 9.97. The zero-order valence-corrected chi connectivity index (χ0v) is 11.3. The van der Waals surface area contributed by atoms with Crippen LogP contribution in [-0.2, 0) is 0 Å². The standard InChI is InChI=1S/C15H14F2N2O2/c1-9-6-7-11(18)10(8-9)14(20)19-12-4-2-3-5-13(12)21-15(16)17/h2-8,15H,18H2,1H3,(H,19,20). The van der Waals surface area contributed by atoms with Crippen LogP contribution in [0.15, 0.2) is 42.5 Å². The fourth-order valence-corrected chi connectivity index (χ4v) is 1.83. The Morgan fingerprint density at radius 2 is 1.95 bits per heavy atom. The van der Waals surface area contributed by atoms with Crippen LogP contribution >= 0.6 is 0 Å². The van der Waals surface area contributed by atoms with Crippen LogP contribution in [0.25, 0.3) is 0 Å². The third-order valence-corrected chi connectivity index (χ3v) is 2.80. The Kier molecular flexibility index (Phi) is 4.37. The summed E-state index contributed by atoms with van der Waals surface area (Å²) in [5.41, 5.74) is 7.36. The zero-order valence-electron chi connectivity index (χ0n) is 11.3. The molecule has 0 aliphatic carbocycles. The lowest BCUT2D eigenvalue weighted by Gasteiger charge is -2.12. The minimum absolute atomic E-state index is 0.105. The molecule has 0 bridgehead atoms. The molecule has 0 aromatic heterocycles. The summed E-state index contributed by atoms with van der Waals surface area (Å²) in [7, 11) is 0. The maximum atomic E-state index is 12.3. The van der Waals surface area contributed by atoms with Crippen molar-refractivity contribution >= 4 is 17.3 Å². The summed E-state index contributed by atoms with van der Waals surface area (Å²) >= 11 is 0. The largest absolute Gasteiger partial charge is 0.433 e. The van der Waals surface area contributed by atoms with Crippen molar-refractivity contribution in [2.45, 2.75) is 13.5 Å². The van der Waals surface area contributed by atoms with Crippen molar-refractivity contribution in [3.8, 4) is 5.75 Å². The van der Waals surface area contributed by atoms with Crippen LogP contribution in [-0.4, -0.2) is 12.5 Å². The van der Waals surface area contributed by atoms with Crippen LogP contribution in [0.1, 0.15) is 15.9 Å². The van der Waals surface area contributed by atoms with Crippen LogP contribution in [0.5, 0.6) is 5.75 Å². The van der Waals surface area contributed by atoms with Gasteiger partial charge in [0, 0.05) is 5.69 Å². The van der Waals surface area contributed by atoms with Crippen LogP contribution in [0.3, 0.4) is 0 Å². The van der Waals surface area contributed by atoms with Gasteiger partial charge in [0.1, 0.15) is 5.75 Å². The Balaban J connectivity index is 2.25. The van der Waals surface area contributed by atoms with Crippen molar-refractivity contribution in [1.29, 1.82) is 0 Å². The quantitative estimate of drug-likeness (QED) is 0.848. The third-order valence-electron chi connectivity index (χ3n) is 2.80. The number of rotatable bonds is 4. The lowest BCUT2D eigenvalue weighted by molar-refractivity contribution is -0.0493. The van der Waals surface area contributed by atoms with Crippen molar-refractivity contribution in [3.63, 3.8) is 0 Å². The Morgan fingerprint density at radius 1 is 1.24 bits per heavy atom. The number of halogens is 2. The van der Waals surface area contributed by atoms with Crippen LogP contribution in [0.4, 0.5) is 20.2 Å². The summed E-state index contributed by atoms with van der Waals surface area (Å²) in [6.45, 7) is -1.14. The van der Waals surface area contributed by atoms with Crippen molar-refractivity contribution in [2.24, 2.45) is 0 Å². The summed E-state index contributed by atoms with van der Waals surface area (Å²) in [6.07, 6.45) is 0. The topological polar surface area (TPSA) is 64.4 Å². The average Bonchev–Trinajstić information content (AvgIpc) is 2.43. The first-order valence-corrected chi connectivity index (χ1v) is 6.18. The van der Waals surface area contributed by atoms with E-state index in [9.17, 15) is 13.6 Å². The van der Waals surface area contributed by atoms with E-state index < -0.39 is 12.5 Å². The first kappa shape index (κ1) is 14.8. The van der Waals surface area contributed by atoms with Crippen LogP contribution < -0.4 is 15.8 Å². The highest BCUT2D eigenvalue weighted by atomic mass is 19.3. The molecule has 2 rings (SSSR count). The molecule has 1 amide bonds. The van der Waals surface area contributed by atoms with E-state index in [1.165, 1.54) is 18.2 Å². The summed E-state index contributed by atoms with van der Waals surface area (Å²) < 4.78 is 29.0. The minimum atomic E-state index is -2.97. The molecule has 0 fully saturated rings. The van der Waals surface area contributed by atoms with Gasteiger partial charge in [-0.1, -0.05) is 23.8 Å². The summed E-state index contributed by atoms with van der Waals surface area (Å²) in [4.78, 5) is 12.2. The normalized spacial score (nSPS) is 10.5. The molecule has 2 aromatic carbocycles. The number of aryl methyl sites for hydroxylation is 1. The number of hydrogen-bond donors (Lipinski definition) is 2. The van der Waals surface area contributed by atoms with Crippen LogP contribution in [0.2, 0.25) is 0 Å². The van der Waals surface area contributed by atoms with Crippen molar-refractivity contribution in [3.05, 3.63) is 53.6 Å². The van der Waals surface area contributed by atoms with Gasteiger partial charge in [0.2, 0.25) is 0 Å². The number of carbonyl (C=O) groups excluding carboxylic acids is 1. The molecule has 0 spiro atoms. The Hall–Kier alpha value is -2.63. The van der Waals surface area contributed by atoms with Gasteiger partial charge in [-0.05, 0) is 31.2 Å². The number of para-hydroxylation sites is 2. The van der Waals surface area contributed by atoms with Gasteiger partial charge in [-0.25, -0.2) is 0 Å². The van der Waals surface area contributed by atoms with E-state index in [0.717, 1.165) is 5.56 Å².